The SMILES string of the molecule is CCCCCCCCCC/C=C\CCCCCCCCCCCC(=O)OC(CCCCCCCCC)CCCCCCCC(=O)NCC(=O)NC(CO)C(=O)O. The van der Waals surface area contributed by atoms with E-state index in [1.54, 1.807) is 0 Å². The van der Waals surface area contributed by atoms with E-state index < -0.39 is 24.5 Å². The molecule has 328 valence electrons. The maximum atomic E-state index is 12.8. The van der Waals surface area contributed by atoms with E-state index in [1.807, 2.05) is 0 Å². The van der Waals surface area contributed by atoms with Crippen molar-refractivity contribution in [3.8, 4) is 0 Å². The first-order valence-corrected chi connectivity index (χ1v) is 23.6. The van der Waals surface area contributed by atoms with Gasteiger partial charge < -0.3 is 25.6 Å². The van der Waals surface area contributed by atoms with Crippen LogP contribution in [0.4, 0.5) is 0 Å². The number of amides is 2. The number of allylic oxidation sites excluding steroid dienone is 2. The molecule has 0 rings (SSSR count). The molecule has 2 unspecified atom stereocenters. The number of hydrogen-bond acceptors (Lipinski definition) is 6. The van der Waals surface area contributed by atoms with Gasteiger partial charge in [0, 0.05) is 12.8 Å². The van der Waals surface area contributed by atoms with Gasteiger partial charge in [0.2, 0.25) is 11.8 Å². The number of rotatable bonds is 43. The largest absolute Gasteiger partial charge is 0.480 e. The highest BCUT2D eigenvalue weighted by molar-refractivity contribution is 5.87. The summed E-state index contributed by atoms with van der Waals surface area (Å²) in [6, 6.07) is -1.38. The number of aliphatic carboxylic acids is 1. The molecule has 0 bridgehead atoms. The molecule has 0 fully saturated rings. The van der Waals surface area contributed by atoms with Gasteiger partial charge in [0.25, 0.3) is 0 Å². The highest BCUT2D eigenvalue weighted by Gasteiger charge is 2.19. The number of carboxylic acid groups (broad SMARTS) is 1. The van der Waals surface area contributed by atoms with Gasteiger partial charge in [-0.25, -0.2) is 4.79 Å². The summed E-state index contributed by atoms with van der Waals surface area (Å²) in [5, 5.41) is 22.5. The number of nitrogens with one attached hydrogen (secondary N) is 2. The van der Waals surface area contributed by atoms with Gasteiger partial charge in [-0.15, -0.1) is 0 Å². The second-order valence-electron chi connectivity index (χ2n) is 16.2. The van der Waals surface area contributed by atoms with Crippen LogP contribution >= 0.6 is 0 Å². The molecule has 0 aromatic rings. The zero-order valence-electron chi connectivity index (χ0n) is 36.4. The van der Waals surface area contributed by atoms with Crippen molar-refractivity contribution in [2.75, 3.05) is 13.2 Å². The fourth-order valence-corrected chi connectivity index (χ4v) is 7.12. The van der Waals surface area contributed by atoms with Gasteiger partial charge in [-0.1, -0.05) is 174 Å². The number of aliphatic hydroxyl groups excluding tert-OH is 1. The second kappa shape index (κ2) is 42.2. The van der Waals surface area contributed by atoms with Crippen LogP contribution in [0.5, 0.6) is 0 Å². The van der Waals surface area contributed by atoms with E-state index in [4.69, 9.17) is 14.9 Å². The highest BCUT2D eigenvalue weighted by atomic mass is 16.5. The zero-order chi connectivity index (χ0) is 41.2. The van der Waals surface area contributed by atoms with Crippen LogP contribution in [0.15, 0.2) is 12.2 Å². The maximum Gasteiger partial charge on any atom is 0.328 e. The van der Waals surface area contributed by atoms with E-state index in [9.17, 15) is 19.2 Å². The predicted molar refractivity (Wildman–Crippen MR) is 232 cm³/mol. The molecule has 0 saturated heterocycles. The first-order valence-electron chi connectivity index (χ1n) is 23.6. The first kappa shape index (κ1) is 53.6. The number of carbonyl (C=O) groups excluding carboxylic acids is 3. The van der Waals surface area contributed by atoms with Gasteiger partial charge in [0.05, 0.1) is 13.2 Å². The average Bonchev–Trinajstić information content (AvgIpc) is 3.18. The van der Waals surface area contributed by atoms with E-state index in [1.165, 1.54) is 148 Å². The smallest absolute Gasteiger partial charge is 0.328 e. The third kappa shape index (κ3) is 38.5. The lowest BCUT2D eigenvalue weighted by atomic mass is 10.0. The summed E-state index contributed by atoms with van der Waals surface area (Å²) in [7, 11) is 0. The molecule has 9 heteroatoms. The summed E-state index contributed by atoms with van der Waals surface area (Å²) in [5.41, 5.74) is 0. The Morgan fingerprint density at radius 2 is 0.911 bits per heavy atom. The minimum atomic E-state index is -1.38. The van der Waals surface area contributed by atoms with Crippen LogP contribution in [-0.4, -0.2) is 59.3 Å². The van der Waals surface area contributed by atoms with Gasteiger partial charge >= 0.3 is 11.9 Å². The van der Waals surface area contributed by atoms with Crippen molar-refractivity contribution < 1.29 is 34.1 Å². The summed E-state index contributed by atoms with van der Waals surface area (Å²) >= 11 is 0. The van der Waals surface area contributed by atoms with Gasteiger partial charge in [-0.05, 0) is 64.2 Å². The Hall–Kier alpha value is -2.42. The molecular formula is C47H88N2O7. The summed E-state index contributed by atoms with van der Waals surface area (Å²) in [6.45, 7) is 3.48. The molecule has 0 aliphatic rings. The van der Waals surface area contributed by atoms with Crippen molar-refractivity contribution in [1.29, 1.82) is 0 Å². The second-order valence-corrected chi connectivity index (χ2v) is 16.2. The van der Waals surface area contributed by atoms with Crippen molar-refractivity contribution in [3.63, 3.8) is 0 Å². The average molecular weight is 793 g/mol. The van der Waals surface area contributed by atoms with Crippen LogP contribution in [0.1, 0.15) is 239 Å². The molecule has 56 heavy (non-hydrogen) atoms. The van der Waals surface area contributed by atoms with Gasteiger partial charge in [-0.3, -0.25) is 14.4 Å². The number of unbranched alkanes of at least 4 members (excludes halogenated alkanes) is 27. The van der Waals surface area contributed by atoms with Crippen molar-refractivity contribution in [2.45, 2.75) is 251 Å². The van der Waals surface area contributed by atoms with Crippen molar-refractivity contribution in [3.05, 3.63) is 12.2 Å². The van der Waals surface area contributed by atoms with Crippen LogP contribution in [0, 0.1) is 0 Å². The monoisotopic (exact) mass is 793 g/mol. The zero-order valence-corrected chi connectivity index (χ0v) is 36.4. The number of aliphatic hydroxyl groups is 1. The van der Waals surface area contributed by atoms with Crippen molar-refractivity contribution >= 4 is 23.8 Å². The Labute approximate surface area is 343 Å². The number of hydrogen-bond donors (Lipinski definition) is 4. The number of carbonyl (C=O) groups is 4. The van der Waals surface area contributed by atoms with Crippen LogP contribution in [0.25, 0.3) is 0 Å². The third-order valence-electron chi connectivity index (χ3n) is 10.8. The Bertz CT molecular complexity index is 957. The number of esters is 1. The molecule has 0 saturated carbocycles. The maximum absolute atomic E-state index is 12.8. The lowest BCUT2D eigenvalue weighted by molar-refractivity contribution is -0.150. The molecular weight excluding hydrogens is 705 g/mol. The Kier molecular flexibility index (Phi) is 40.4. The fourth-order valence-electron chi connectivity index (χ4n) is 7.12. The molecule has 0 aliphatic heterocycles. The quantitative estimate of drug-likeness (QED) is 0.0273. The normalized spacial score (nSPS) is 12.5. The Balaban J connectivity index is 4.04. The molecule has 2 amide bonds. The van der Waals surface area contributed by atoms with Crippen LogP contribution in [-0.2, 0) is 23.9 Å². The molecule has 0 aromatic heterocycles. The van der Waals surface area contributed by atoms with Gasteiger partial charge in [0.1, 0.15) is 12.1 Å². The predicted octanol–water partition coefficient (Wildman–Crippen LogP) is 11.8. The first-order chi connectivity index (χ1) is 27.3. The summed E-state index contributed by atoms with van der Waals surface area (Å²) in [5.74, 6) is -2.28. The summed E-state index contributed by atoms with van der Waals surface area (Å²) in [4.78, 5) is 47.5. The summed E-state index contributed by atoms with van der Waals surface area (Å²) < 4.78 is 6.01. The molecule has 0 radical (unpaired) electrons. The van der Waals surface area contributed by atoms with Crippen LogP contribution in [0.3, 0.4) is 0 Å². The minimum absolute atomic E-state index is 0.00739. The summed E-state index contributed by atoms with van der Waals surface area (Å²) in [6.07, 6.45) is 45.4. The standard InChI is InChI=1S/C47H88N2O7/c1-3-5-7-9-11-12-13-14-15-16-17-18-19-20-21-22-23-24-26-31-35-39-46(53)56-42(36-32-28-25-10-8-6-4-2)37-33-29-27-30-34-38-44(51)48-40-45(52)49-43(41-50)47(54)55/h16-17,42-43,50H,3-15,18-41H2,1-2H3,(H,48,51)(H,49,52)(H,54,55)/b17-16-. The van der Waals surface area contributed by atoms with Gasteiger partial charge in [-0.2, -0.15) is 0 Å². The molecule has 9 nitrogen and oxygen atoms in total. The van der Waals surface area contributed by atoms with Gasteiger partial charge in [0.15, 0.2) is 0 Å². The van der Waals surface area contributed by atoms with Crippen LogP contribution in [0.2, 0.25) is 0 Å². The molecule has 2 atom stereocenters. The molecule has 0 aliphatic carbocycles. The lowest BCUT2D eigenvalue weighted by Crippen LogP contribution is -2.47. The number of carboxylic acids is 1. The minimum Gasteiger partial charge on any atom is -0.480 e. The Morgan fingerprint density at radius 1 is 0.518 bits per heavy atom. The fraction of sp³-hybridized carbons (Fsp3) is 0.872. The van der Waals surface area contributed by atoms with Crippen LogP contribution < -0.4 is 10.6 Å². The molecule has 4 N–H and O–H groups in total. The molecule has 0 aromatic carbocycles. The van der Waals surface area contributed by atoms with Crippen molar-refractivity contribution in [1.82, 2.24) is 10.6 Å². The van der Waals surface area contributed by atoms with E-state index in [2.05, 4.69) is 36.6 Å². The van der Waals surface area contributed by atoms with E-state index in [0.29, 0.717) is 19.3 Å². The topological polar surface area (TPSA) is 142 Å². The third-order valence-corrected chi connectivity index (χ3v) is 10.8. The van der Waals surface area contributed by atoms with E-state index in [-0.39, 0.29) is 24.5 Å². The molecule has 0 heterocycles. The Morgan fingerprint density at radius 3 is 1.34 bits per heavy atom. The number of ether oxygens (including phenoxy) is 1. The van der Waals surface area contributed by atoms with E-state index >= 15 is 0 Å². The van der Waals surface area contributed by atoms with Crippen molar-refractivity contribution in [2.24, 2.45) is 0 Å². The lowest BCUT2D eigenvalue weighted by Gasteiger charge is -2.18. The molecule has 0 spiro atoms. The van der Waals surface area contributed by atoms with E-state index in [0.717, 1.165) is 57.8 Å². The highest BCUT2D eigenvalue weighted by Crippen LogP contribution is 2.19.